The van der Waals surface area contributed by atoms with Gasteiger partial charge in [-0.05, 0) is 210 Å². The van der Waals surface area contributed by atoms with Crippen molar-refractivity contribution < 1.29 is 28.6 Å². The van der Waals surface area contributed by atoms with Gasteiger partial charge in [-0.25, -0.2) is 9.59 Å². The molecule has 2 atom stereocenters. The summed E-state index contributed by atoms with van der Waals surface area (Å²) in [5, 5.41) is 10.7. The van der Waals surface area contributed by atoms with Crippen LogP contribution < -0.4 is 0 Å². The van der Waals surface area contributed by atoms with Crippen LogP contribution in [0.5, 0.6) is 0 Å². The number of hydrogen-bond donors (Lipinski definition) is 1. The summed E-state index contributed by atoms with van der Waals surface area (Å²) in [4.78, 5) is 24.2. The van der Waals surface area contributed by atoms with Crippen molar-refractivity contribution in [3.63, 3.8) is 0 Å². The largest absolute Gasteiger partial charge is 0.465 e. The van der Waals surface area contributed by atoms with Gasteiger partial charge in [0.15, 0.2) is 8.32 Å². The van der Waals surface area contributed by atoms with Crippen LogP contribution in [0.4, 0.5) is 0 Å². The Labute approximate surface area is 492 Å². The Hall–Kier alpha value is -5.60. The van der Waals surface area contributed by atoms with Gasteiger partial charge in [-0.3, -0.25) is 0 Å². The topological polar surface area (TPSA) is 82.1 Å². The lowest BCUT2D eigenvalue weighted by Crippen LogP contribution is -2.47. The predicted molar refractivity (Wildman–Crippen MR) is 345 cm³/mol. The molecule has 0 aliphatic rings. The van der Waals surface area contributed by atoms with Crippen LogP contribution in [0.1, 0.15) is 205 Å². The first kappa shape index (κ1) is 66.2. The number of aryl methyl sites for hydroxylation is 6. The first-order valence-corrected chi connectivity index (χ1v) is 32.9. The van der Waals surface area contributed by atoms with Crippen molar-refractivity contribution in [2.75, 3.05) is 14.2 Å². The molecule has 0 spiro atoms. The Bertz CT molecular complexity index is 3080. The monoisotopic (exact) mass is 1110 g/mol. The minimum Gasteiger partial charge on any atom is -0.465 e. The molecule has 0 aliphatic heterocycles. The summed E-state index contributed by atoms with van der Waals surface area (Å²) < 4.78 is 16.8. The molecule has 81 heavy (non-hydrogen) atoms. The molecule has 0 aliphatic carbocycles. The molecule has 0 aromatic heterocycles. The SMILES string of the molecule is CCC(CC)(c1ccc(CCC(O)C(C)(C)C)c(C)c1)c1ccc(-c2cccc(C(=O)OC)c2)c(C)c1.CCC(CC)(c1ccc(CCC(O[Si](C)(C)C(C)(C)C)C(C)(C)C)c(C)c1)c1ccc(-c2cccc(C(=O)OC)c2)c(C)c1. The number of carbonyl (C=O) groups excluding carboxylic acids is 2. The number of ether oxygens (including phenoxy) is 2. The zero-order chi connectivity index (χ0) is 60.5. The maximum absolute atomic E-state index is 12.1. The highest BCUT2D eigenvalue weighted by Gasteiger charge is 2.42. The zero-order valence-electron chi connectivity index (χ0n) is 53.8. The van der Waals surface area contributed by atoms with Gasteiger partial charge in [0.2, 0.25) is 0 Å². The molecule has 2 unspecified atom stereocenters. The Morgan fingerprint density at radius 3 is 1.15 bits per heavy atom. The summed E-state index contributed by atoms with van der Waals surface area (Å²) in [6, 6.07) is 43.0. The van der Waals surface area contributed by atoms with E-state index in [-0.39, 0.29) is 50.8 Å². The summed E-state index contributed by atoms with van der Waals surface area (Å²) in [5.41, 5.74) is 18.4. The van der Waals surface area contributed by atoms with E-state index in [9.17, 15) is 14.7 Å². The zero-order valence-corrected chi connectivity index (χ0v) is 54.8. The third-order valence-corrected chi connectivity index (χ3v) is 23.0. The molecule has 6 rings (SSSR count). The van der Waals surface area contributed by atoms with Crippen LogP contribution in [-0.4, -0.2) is 51.8 Å². The van der Waals surface area contributed by atoms with E-state index in [0.717, 1.165) is 73.6 Å². The number of benzene rings is 6. The van der Waals surface area contributed by atoms with Gasteiger partial charge in [0.25, 0.3) is 0 Å². The molecule has 0 radical (unpaired) electrons. The van der Waals surface area contributed by atoms with E-state index < -0.39 is 8.32 Å². The number of carbonyl (C=O) groups is 2. The third kappa shape index (κ3) is 15.5. The van der Waals surface area contributed by atoms with Crippen molar-refractivity contribution in [1.82, 2.24) is 0 Å². The molecule has 0 saturated heterocycles. The van der Waals surface area contributed by atoms with Crippen molar-refractivity contribution >= 4 is 20.3 Å². The highest BCUT2D eigenvalue weighted by Crippen LogP contribution is 2.45. The van der Waals surface area contributed by atoms with Gasteiger partial charge < -0.3 is 19.0 Å². The molecular formula is C74H102O6Si. The molecule has 6 aromatic rings. The van der Waals surface area contributed by atoms with Gasteiger partial charge in [0, 0.05) is 10.8 Å². The smallest absolute Gasteiger partial charge is 0.337 e. The fourth-order valence-corrected chi connectivity index (χ4v) is 13.2. The molecule has 6 nitrogen and oxygen atoms in total. The summed E-state index contributed by atoms with van der Waals surface area (Å²) in [6.45, 7) is 42.9. The van der Waals surface area contributed by atoms with E-state index >= 15 is 0 Å². The van der Waals surface area contributed by atoms with Crippen molar-refractivity contribution in [3.8, 4) is 22.3 Å². The quantitative estimate of drug-likeness (QED) is 0.0606. The van der Waals surface area contributed by atoms with Gasteiger partial charge >= 0.3 is 11.9 Å². The van der Waals surface area contributed by atoms with Gasteiger partial charge in [-0.1, -0.05) is 187 Å². The van der Waals surface area contributed by atoms with E-state index in [1.165, 1.54) is 69.9 Å². The van der Waals surface area contributed by atoms with Crippen LogP contribution >= 0.6 is 0 Å². The molecule has 0 amide bonds. The molecule has 0 saturated carbocycles. The van der Waals surface area contributed by atoms with Crippen molar-refractivity contribution in [2.24, 2.45) is 10.8 Å². The van der Waals surface area contributed by atoms with Gasteiger partial charge in [0.05, 0.1) is 37.6 Å². The average molecular weight is 1120 g/mol. The Morgan fingerprint density at radius 1 is 0.481 bits per heavy atom. The number of aliphatic hydroxyl groups excluding tert-OH is 1. The van der Waals surface area contributed by atoms with Crippen molar-refractivity contribution in [1.29, 1.82) is 0 Å². The maximum Gasteiger partial charge on any atom is 0.337 e. The minimum atomic E-state index is -1.87. The molecule has 6 aromatic carbocycles. The van der Waals surface area contributed by atoms with E-state index in [0.29, 0.717) is 11.1 Å². The van der Waals surface area contributed by atoms with Crippen LogP contribution in [0.15, 0.2) is 121 Å². The first-order chi connectivity index (χ1) is 37.9. The molecule has 0 fully saturated rings. The molecule has 0 heterocycles. The summed E-state index contributed by atoms with van der Waals surface area (Å²) in [5.74, 6) is -0.633. The van der Waals surface area contributed by atoms with Crippen LogP contribution in [-0.2, 0) is 37.6 Å². The third-order valence-electron chi connectivity index (χ3n) is 18.5. The molecule has 0 bridgehead atoms. The fourth-order valence-electron chi connectivity index (χ4n) is 11.7. The van der Waals surface area contributed by atoms with E-state index in [1.54, 1.807) is 12.1 Å². The molecule has 1 N–H and O–H groups in total. The number of methoxy groups -OCH3 is 2. The first-order valence-electron chi connectivity index (χ1n) is 30.0. The lowest BCUT2D eigenvalue weighted by molar-refractivity contribution is 0.0559. The molecule has 7 heteroatoms. The Balaban J connectivity index is 0.000000302. The number of rotatable bonds is 20. The minimum absolute atomic E-state index is 0.0696. The standard InChI is InChI=1S/C40H58O3Si.C34H44O3/c1-14-40(15-2,34-22-23-35(29(4)26-34)31-17-16-18-32(27-31)37(41)42-11)33-21-19-30(28(3)25-33)20-24-36(38(5,6)7)43-44(12,13)39(8,9)10;1-9-34(10-2,28-16-14-25(23(3)20-28)15-19-31(35)33(5,6)7)29-17-18-30(24(4)21-29)26-12-11-13-27(22-26)32(36)37-8/h16-19,21-23,25-27,36H,14-15,20,24H2,1-13H3;11-14,16-18,20-22,31,35H,9-10,15,19H2,1-8H3. The Kier molecular flexibility index (Phi) is 22.2. The van der Waals surface area contributed by atoms with E-state index in [2.05, 4.69) is 210 Å². The van der Waals surface area contributed by atoms with Gasteiger partial charge in [-0.15, -0.1) is 0 Å². The number of aliphatic hydroxyl groups is 1. The highest BCUT2D eigenvalue weighted by atomic mass is 28.4. The van der Waals surface area contributed by atoms with Gasteiger partial charge in [0.1, 0.15) is 0 Å². The lowest BCUT2D eigenvalue weighted by Gasteiger charge is -2.43. The van der Waals surface area contributed by atoms with E-state index in [1.807, 2.05) is 30.3 Å². The van der Waals surface area contributed by atoms with Crippen molar-refractivity contribution in [3.05, 3.63) is 188 Å². The normalized spacial score (nSPS) is 13.3. The summed E-state index contributed by atoms with van der Waals surface area (Å²) in [6.07, 6.45) is 7.66. The molecular weight excluding hydrogens is 1010 g/mol. The van der Waals surface area contributed by atoms with Crippen LogP contribution in [0.3, 0.4) is 0 Å². The average Bonchev–Trinajstić information content (AvgIpc) is 3.57. The van der Waals surface area contributed by atoms with Crippen LogP contribution in [0, 0.1) is 38.5 Å². The van der Waals surface area contributed by atoms with Crippen molar-refractivity contribution in [2.45, 2.75) is 210 Å². The fraction of sp³-hybridized carbons (Fsp3) is 0.486. The molecule has 438 valence electrons. The summed E-state index contributed by atoms with van der Waals surface area (Å²) >= 11 is 0. The second-order valence-electron chi connectivity index (χ2n) is 26.8. The number of esters is 2. The van der Waals surface area contributed by atoms with Crippen LogP contribution in [0.2, 0.25) is 18.1 Å². The van der Waals surface area contributed by atoms with E-state index in [4.69, 9.17) is 13.9 Å². The maximum atomic E-state index is 12.1. The second kappa shape index (κ2) is 27.2. The second-order valence-corrected chi connectivity index (χ2v) is 31.5. The Morgan fingerprint density at radius 2 is 0.840 bits per heavy atom. The number of hydrogen-bond acceptors (Lipinski definition) is 6. The highest BCUT2D eigenvalue weighted by molar-refractivity contribution is 6.74. The summed E-state index contributed by atoms with van der Waals surface area (Å²) in [7, 11) is 0.961. The van der Waals surface area contributed by atoms with Gasteiger partial charge in [-0.2, -0.15) is 0 Å². The van der Waals surface area contributed by atoms with Crippen LogP contribution in [0.25, 0.3) is 22.3 Å². The lowest BCUT2D eigenvalue weighted by atomic mass is 9.69. The predicted octanol–water partition coefficient (Wildman–Crippen LogP) is 19.4.